The number of hydrogen-bond acceptors (Lipinski definition) is 7. The molecule has 0 saturated carbocycles. The fourth-order valence-corrected chi connectivity index (χ4v) is 1.85. The summed E-state index contributed by atoms with van der Waals surface area (Å²) >= 11 is 0. The average molecular weight is 238 g/mol. The Bertz CT molecular complexity index is 396. The molecule has 3 N–H and O–H groups in total. The average Bonchev–Trinajstić information content (AvgIpc) is 2.28. The molecule has 17 heavy (non-hydrogen) atoms. The van der Waals surface area contributed by atoms with Crippen LogP contribution in [-0.4, -0.2) is 53.3 Å². The van der Waals surface area contributed by atoms with Gasteiger partial charge >= 0.3 is 0 Å². The van der Waals surface area contributed by atoms with E-state index in [2.05, 4.69) is 15.0 Å². The molecular weight excluding hydrogens is 220 g/mol. The summed E-state index contributed by atoms with van der Waals surface area (Å²) < 4.78 is 0. The minimum atomic E-state index is -0.315. The zero-order valence-electron chi connectivity index (χ0n) is 10.2. The lowest BCUT2D eigenvalue weighted by atomic mass is 10.1. The van der Waals surface area contributed by atoms with E-state index in [-0.39, 0.29) is 12.1 Å². The molecule has 1 saturated heterocycles. The summed E-state index contributed by atoms with van der Waals surface area (Å²) in [5.74, 6) is 1.28. The molecule has 1 aliphatic heterocycles. The molecule has 2 heterocycles. The number of β-amino-alcohol motifs (C(OH)–C–C–N with tert-alkyl or cyclic N) is 1. The molecule has 1 aromatic rings. The van der Waals surface area contributed by atoms with Gasteiger partial charge in [-0.2, -0.15) is 15.0 Å². The number of hydrogen-bond donors (Lipinski definition) is 2. The Balaban J connectivity index is 2.25. The lowest BCUT2D eigenvalue weighted by Crippen LogP contribution is -2.39. The molecule has 2 rings (SSSR count). The highest BCUT2D eigenvalue weighted by Gasteiger charge is 2.21. The Morgan fingerprint density at radius 2 is 2.12 bits per heavy atom. The quantitative estimate of drug-likeness (QED) is 0.716. The fraction of sp³-hybridized carbons (Fsp3) is 0.700. The van der Waals surface area contributed by atoms with Gasteiger partial charge in [0, 0.05) is 27.2 Å². The van der Waals surface area contributed by atoms with Crippen LogP contribution in [0.5, 0.6) is 0 Å². The number of nitrogen functional groups attached to an aromatic ring is 1. The van der Waals surface area contributed by atoms with Gasteiger partial charge in [-0.1, -0.05) is 0 Å². The number of anilines is 3. The molecule has 1 aliphatic rings. The first kappa shape index (κ1) is 11.8. The number of rotatable bonds is 2. The van der Waals surface area contributed by atoms with Crippen molar-refractivity contribution >= 4 is 17.8 Å². The Hall–Kier alpha value is -1.63. The van der Waals surface area contributed by atoms with Crippen molar-refractivity contribution in [2.75, 3.05) is 42.7 Å². The van der Waals surface area contributed by atoms with E-state index < -0.39 is 0 Å². The third kappa shape index (κ3) is 2.73. The number of nitrogens with zero attached hydrogens (tertiary/aromatic N) is 5. The smallest absolute Gasteiger partial charge is 0.232 e. The molecule has 0 radical (unpaired) electrons. The highest BCUT2D eigenvalue weighted by atomic mass is 16.3. The summed E-state index contributed by atoms with van der Waals surface area (Å²) in [5, 5.41) is 9.63. The summed E-state index contributed by atoms with van der Waals surface area (Å²) in [6.45, 7) is 1.39. The number of piperidine rings is 1. The molecule has 1 fully saturated rings. The molecule has 1 atom stereocenters. The van der Waals surface area contributed by atoms with Gasteiger partial charge in [-0.05, 0) is 12.8 Å². The van der Waals surface area contributed by atoms with Crippen LogP contribution in [0.3, 0.4) is 0 Å². The highest BCUT2D eigenvalue weighted by Crippen LogP contribution is 2.18. The van der Waals surface area contributed by atoms with Crippen molar-refractivity contribution in [2.24, 2.45) is 0 Å². The van der Waals surface area contributed by atoms with Gasteiger partial charge in [0.15, 0.2) is 0 Å². The van der Waals surface area contributed by atoms with Gasteiger partial charge in [-0.25, -0.2) is 0 Å². The monoisotopic (exact) mass is 238 g/mol. The Morgan fingerprint density at radius 1 is 1.35 bits per heavy atom. The third-order valence-corrected chi connectivity index (χ3v) is 2.71. The number of aliphatic hydroxyl groups is 1. The first-order chi connectivity index (χ1) is 8.06. The molecule has 0 bridgehead atoms. The molecule has 1 unspecified atom stereocenters. The van der Waals surface area contributed by atoms with Crippen LogP contribution in [0.2, 0.25) is 0 Å². The molecule has 0 amide bonds. The van der Waals surface area contributed by atoms with Crippen LogP contribution in [0.25, 0.3) is 0 Å². The van der Waals surface area contributed by atoms with E-state index in [9.17, 15) is 5.11 Å². The van der Waals surface area contributed by atoms with Crippen molar-refractivity contribution in [1.82, 2.24) is 15.0 Å². The van der Waals surface area contributed by atoms with Gasteiger partial charge in [0.05, 0.1) is 6.10 Å². The van der Waals surface area contributed by atoms with Gasteiger partial charge in [-0.15, -0.1) is 0 Å². The second-order valence-corrected chi connectivity index (χ2v) is 4.43. The molecule has 1 aromatic heterocycles. The van der Waals surface area contributed by atoms with Crippen LogP contribution in [0.15, 0.2) is 0 Å². The summed E-state index contributed by atoms with van der Waals surface area (Å²) in [5.41, 5.74) is 5.66. The second-order valence-electron chi connectivity index (χ2n) is 4.43. The SMILES string of the molecule is CN(C)c1nc(N)nc(N2CCCC(O)C2)n1. The molecule has 0 aromatic carbocycles. The maximum Gasteiger partial charge on any atom is 0.232 e. The molecule has 0 aliphatic carbocycles. The lowest BCUT2D eigenvalue weighted by Gasteiger charge is -2.30. The Morgan fingerprint density at radius 3 is 2.76 bits per heavy atom. The van der Waals surface area contributed by atoms with E-state index in [1.165, 1.54) is 0 Å². The van der Waals surface area contributed by atoms with E-state index in [1.807, 2.05) is 19.0 Å². The van der Waals surface area contributed by atoms with Gasteiger partial charge in [0.25, 0.3) is 0 Å². The number of aromatic nitrogens is 3. The van der Waals surface area contributed by atoms with Crippen molar-refractivity contribution in [3.63, 3.8) is 0 Å². The minimum absolute atomic E-state index is 0.207. The van der Waals surface area contributed by atoms with Gasteiger partial charge in [0.2, 0.25) is 17.8 Å². The van der Waals surface area contributed by atoms with Crippen LogP contribution in [0.4, 0.5) is 17.8 Å². The van der Waals surface area contributed by atoms with E-state index in [0.29, 0.717) is 18.4 Å². The van der Waals surface area contributed by atoms with E-state index in [0.717, 1.165) is 19.4 Å². The predicted octanol–water partition coefficient (Wildman–Crippen LogP) is -0.519. The maximum atomic E-state index is 9.63. The van der Waals surface area contributed by atoms with Crippen molar-refractivity contribution in [3.8, 4) is 0 Å². The summed E-state index contributed by atoms with van der Waals surface area (Å²) in [4.78, 5) is 16.2. The van der Waals surface area contributed by atoms with Crippen LogP contribution < -0.4 is 15.5 Å². The summed E-state index contributed by atoms with van der Waals surface area (Å²) in [6.07, 6.45) is 1.45. The van der Waals surface area contributed by atoms with Gasteiger partial charge in [0.1, 0.15) is 0 Å². The molecule has 7 heteroatoms. The topological polar surface area (TPSA) is 91.4 Å². The lowest BCUT2D eigenvalue weighted by molar-refractivity contribution is 0.153. The molecule has 7 nitrogen and oxygen atoms in total. The largest absolute Gasteiger partial charge is 0.391 e. The van der Waals surface area contributed by atoms with E-state index >= 15 is 0 Å². The molecular formula is C10H18N6O. The van der Waals surface area contributed by atoms with E-state index in [1.54, 1.807) is 4.90 Å². The predicted molar refractivity (Wildman–Crippen MR) is 66.0 cm³/mol. The Labute approximate surface area is 100 Å². The zero-order chi connectivity index (χ0) is 12.4. The molecule has 0 spiro atoms. The third-order valence-electron chi connectivity index (χ3n) is 2.71. The molecule has 94 valence electrons. The second kappa shape index (κ2) is 4.70. The summed E-state index contributed by atoms with van der Waals surface area (Å²) in [7, 11) is 3.70. The first-order valence-corrected chi connectivity index (χ1v) is 5.68. The van der Waals surface area contributed by atoms with E-state index in [4.69, 9.17) is 5.73 Å². The minimum Gasteiger partial charge on any atom is -0.391 e. The van der Waals surface area contributed by atoms with Crippen LogP contribution >= 0.6 is 0 Å². The van der Waals surface area contributed by atoms with Crippen molar-refractivity contribution < 1.29 is 5.11 Å². The van der Waals surface area contributed by atoms with Crippen molar-refractivity contribution in [3.05, 3.63) is 0 Å². The van der Waals surface area contributed by atoms with Crippen molar-refractivity contribution in [2.45, 2.75) is 18.9 Å². The van der Waals surface area contributed by atoms with Crippen LogP contribution in [0.1, 0.15) is 12.8 Å². The van der Waals surface area contributed by atoms with Crippen molar-refractivity contribution in [1.29, 1.82) is 0 Å². The number of aliphatic hydroxyl groups excluding tert-OH is 1. The Kier molecular flexibility index (Phi) is 3.28. The highest BCUT2D eigenvalue weighted by molar-refractivity contribution is 5.43. The standard InChI is InChI=1S/C10H18N6O/c1-15(2)9-12-8(11)13-10(14-9)16-5-3-4-7(17)6-16/h7,17H,3-6H2,1-2H3,(H2,11,12,13,14). The maximum absolute atomic E-state index is 9.63. The van der Waals surface area contributed by atoms with Crippen LogP contribution in [0, 0.1) is 0 Å². The fourth-order valence-electron chi connectivity index (χ4n) is 1.85. The normalized spacial score (nSPS) is 20.4. The number of nitrogens with two attached hydrogens (primary N) is 1. The summed E-state index contributed by atoms with van der Waals surface area (Å²) in [6, 6.07) is 0. The zero-order valence-corrected chi connectivity index (χ0v) is 10.2. The van der Waals surface area contributed by atoms with Crippen LogP contribution in [-0.2, 0) is 0 Å². The first-order valence-electron chi connectivity index (χ1n) is 5.68. The van der Waals surface area contributed by atoms with Gasteiger partial charge < -0.3 is 20.6 Å². The van der Waals surface area contributed by atoms with Gasteiger partial charge in [-0.3, -0.25) is 0 Å².